The standard InChI is InChI=1S/C23H27NO7/c1-14(2)30-12-6-10-24-20(17-7-5-11-31-17)19(22(26)23(24)27)21(25)15-8-9-16(28-3)18(13-15)29-4/h5,7-9,11,13-14,20,25H,6,10,12H2,1-4H3/b21-19-. The molecule has 0 spiro atoms. The van der Waals surface area contributed by atoms with E-state index in [2.05, 4.69) is 0 Å². The lowest BCUT2D eigenvalue weighted by Crippen LogP contribution is -2.31. The number of carbonyl (C=O) groups is 2. The van der Waals surface area contributed by atoms with Gasteiger partial charge in [0.15, 0.2) is 11.5 Å². The number of likely N-dealkylation sites (tertiary alicyclic amines) is 1. The van der Waals surface area contributed by atoms with Gasteiger partial charge in [0.25, 0.3) is 11.7 Å². The zero-order valence-electron chi connectivity index (χ0n) is 18.1. The quantitative estimate of drug-likeness (QED) is 0.282. The summed E-state index contributed by atoms with van der Waals surface area (Å²) in [5.41, 5.74) is 0.298. The number of hydrogen-bond donors (Lipinski definition) is 1. The minimum atomic E-state index is -0.831. The second kappa shape index (κ2) is 9.70. The van der Waals surface area contributed by atoms with Crippen molar-refractivity contribution in [2.75, 3.05) is 27.4 Å². The van der Waals surface area contributed by atoms with Crippen molar-refractivity contribution in [1.82, 2.24) is 4.90 Å². The van der Waals surface area contributed by atoms with E-state index >= 15 is 0 Å². The Morgan fingerprint density at radius 3 is 2.52 bits per heavy atom. The summed E-state index contributed by atoms with van der Waals surface area (Å²) in [7, 11) is 2.98. The van der Waals surface area contributed by atoms with E-state index in [1.54, 1.807) is 30.3 Å². The molecule has 1 aliphatic heterocycles. The molecule has 8 nitrogen and oxygen atoms in total. The summed E-state index contributed by atoms with van der Waals surface area (Å²) in [6, 6.07) is 7.29. The van der Waals surface area contributed by atoms with Gasteiger partial charge in [0.1, 0.15) is 17.6 Å². The van der Waals surface area contributed by atoms with Gasteiger partial charge in [0.05, 0.1) is 32.2 Å². The number of ketones is 1. The minimum absolute atomic E-state index is 0.0306. The summed E-state index contributed by atoms with van der Waals surface area (Å²) < 4.78 is 21.6. The largest absolute Gasteiger partial charge is 0.507 e. The van der Waals surface area contributed by atoms with E-state index in [9.17, 15) is 14.7 Å². The second-order valence-electron chi connectivity index (χ2n) is 7.35. The van der Waals surface area contributed by atoms with Gasteiger partial charge < -0.3 is 28.6 Å². The number of ether oxygens (including phenoxy) is 3. The summed E-state index contributed by atoms with van der Waals surface area (Å²) in [4.78, 5) is 27.1. The van der Waals surface area contributed by atoms with Crippen LogP contribution in [-0.2, 0) is 14.3 Å². The Morgan fingerprint density at radius 1 is 1.16 bits per heavy atom. The molecule has 2 aromatic rings. The van der Waals surface area contributed by atoms with Gasteiger partial charge in [-0.2, -0.15) is 0 Å². The topological polar surface area (TPSA) is 98.4 Å². The number of rotatable bonds is 9. The smallest absolute Gasteiger partial charge is 0.295 e. The number of aliphatic hydroxyl groups excluding tert-OH is 1. The number of hydrogen-bond acceptors (Lipinski definition) is 7. The van der Waals surface area contributed by atoms with E-state index in [1.807, 2.05) is 13.8 Å². The molecule has 0 bridgehead atoms. The van der Waals surface area contributed by atoms with Crippen LogP contribution in [0.3, 0.4) is 0 Å². The van der Waals surface area contributed by atoms with Crippen LogP contribution >= 0.6 is 0 Å². The Morgan fingerprint density at radius 2 is 1.90 bits per heavy atom. The van der Waals surface area contributed by atoms with Crippen molar-refractivity contribution in [1.29, 1.82) is 0 Å². The Labute approximate surface area is 181 Å². The number of nitrogens with zero attached hydrogens (tertiary/aromatic N) is 1. The van der Waals surface area contributed by atoms with Gasteiger partial charge in [-0.05, 0) is 50.6 Å². The SMILES string of the molecule is COc1ccc(/C(O)=C2/C(=O)C(=O)N(CCCOC(C)C)C2c2ccco2)cc1OC. The van der Waals surface area contributed by atoms with Crippen molar-refractivity contribution in [3.05, 3.63) is 53.5 Å². The fourth-order valence-corrected chi connectivity index (χ4v) is 3.55. The summed E-state index contributed by atoms with van der Waals surface area (Å²) >= 11 is 0. The van der Waals surface area contributed by atoms with Gasteiger partial charge in [-0.15, -0.1) is 0 Å². The fourth-order valence-electron chi connectivity index (χ4n) is 3.55. The number of aliphatic hydroxyl groups is 1. The van der Waals surface area contributed by atoms with Crippen LogP contribution in [0.5, 0.6) is 11.5 Å². The molecule has 1 aliphatic rings. The molecule has 1 saturated heterocycles. The van der Waals surface area contributed by atoms with Crippen LogP contribution in [0.1, 0.15) is 37.6 Å². The molecule has 8 heteroatoms. The molecule has 1 fully saturated rings. The number of benzene rings is 1. The average Bonchev–Trinajstić information content (AvgIpc) is 3.37. The first kappa shape index (κ1) is 22.4. The summed E-state index contributed by atoms with van der Waals surface area (Å²) in [6.45, 7) is 4.59. The van der Waals surface area contributed by atoms with Gasteiger partial charge in [0, 0.05) is 18.7 Å². The third kappa shape index (κ3) is 4.59. The molecule has 1 aromatic carbocycles. The van der Waals surface area contributed by atoms with E-state index in [4.69, 9.17) is 18.6 Å². The van der Waals surface area contributed by atoms with Crippen molar-refractivity contribution >= 4 is 17.4 Å². The maximum atomic E-state index is 12.9. The fraction of sp³-hybridized carbons (Fsp3) is 0.391. The Hall–Kier alpha value is -3.26. The van der Waals surface area contributed by atoms with E-state index in [-0.39, 0.29) is 24.0 Å². The number of Topliss-reactive ketones (excluding diaryl/α,β-unsaturated/α-hetero) is 1. The maximum absolute atomic E-state index is 12.9. The summed E-state index contributed by atoms with van der Waals surface area (Å²) in [5.74, 6) is -0.493. The third-order valence-corrected chi connectivity index (χ3v) is 5.00. The highest BCUT2D eigenvalue weighted by atomic mass is 16.5. The van der Waals surface area contributed by atoms with Crippen LogP contribution in [0.25, 0.3) is 5.76 Å². The minimum Gasteiger partial charge on any atom is -0.507 e. The van der Waals surface area contributed by atoms with Crippen LogP contribution in [0.4, 0.5) is 0 Å². The zero-order valence-corrected chi connectivity index (χ0v) is 18.1. The number of methoxy groups -OCH3 is 2. The Balaban J connectivity index is 2.01. The van der Waals surface area contributed by atoms with Gasteiger partial charge in [-0.25, -0.2) is 0 Å². The highest BCUT2D eigenvalue weighted by molar-refractivity contribution is 6.46. The van der Waals surface area contributed by atoms with Gasteiger partial charge in [-0.1, -0.05) is 0 Å². The number of amides is 1. The van der Waals surface area contributed by atoms with Crippen molar-refractivity contribution in [2.24, 2.45) is 0 Å². The third-order valence-electron chi connectivity index (χ3n) is 5.00. The van der Waals surface area contributed by atoms with E-state index < -0.39 is 17.7 Å². The van der Waals surface area contributed by atoms with Crippen LogP contribution in [0, 0.1) is 0 Å². The molecule has 1 atom stereocenters. The first-order valence-electron chi connectivity index (χ1n) is 10.0. The Bertz CT molecular complexity index is 962. The molecule has 1 N–H and O–H groups in total. The molecule has 1 aromatic heterocycles. The van der Waals surface area contributed by atoms with Gasteiger partial charge >= 0.3 is 0 Å². The van der Waals surface area contributed by atoms with Crippen molar-refractivity contribution in [2.45, 2.75) is 32.4 Å². The number of carbonyl (C=O) groups excluding carboxylic acids is 2. The Kier molecular flexibility index (Phi) is 7.02. The van der Waals surface area contributed by atoms with Gasteiger partial charge in [0.2, 0.25) is 0 Å². The molecule has 0 aliphatic carbocycles. The highest BCUT2D eigenvalue weighted by Crippen LogP contribution is 2.40. The summed E-state index contributed by atoms with van der Waals surface area (Å²) in [6.07, 6.45) is 2.08. The normalized spacial score (nSPS) is 18.1. The van der Waals surface area contributed by atoms with E-state index in [0.717, 1.165) is 0 Å². The lowest BCUT2D eigenvalue weighted by molar-refractivity contribution is -0.140. The van der Waals surface area contributed by atoms with Crippen molar-refractivity contribution < 1.29 is 33.3 Å². The number of furan rings is 1. The molecular formula is C23H27NO7. The molecule has 3 rings (SSSR count). The first-order chi connectivity index (χ1) is 14.9. The predicted molar refractivity (Wildman–Crippen MR) is 113 cm³/mol. The maximum Gasteiger partial charge on any atom is 0.295 e. The molecule has 0 saturated carbocycles. The summed E-state index contributed by atoms with van der Waals surface area (Å²) in [5, 5.41) is 11.0. The molecule has 0 radical (unpaired) electrons. The van der Waals surface area contributed by atoms with Crippen molar-refractivity contribution in [3.63, 3.8) is 0 Å². The molecule has 166 valence electrons. The van der Waals surface area contributed by atoms with Gasteiger partial charge in [-0.3, -0.25) is 9.59 Å². The predicted octanol–water partition coefficient (Wildman–Crippen LogP) is 3.53. The second-order valence-corrected chi connectivity index (χ2v) is 7.35. The van der Waals surface area contributed by atoms with Crippen LogP contribution in [0.15, 0.2) is 46.6 Å². The van der Waals surface area contributed by atoms with Crippen LogP contribution in [-0.4, -0.2) is 55.2 Å². The zero-order chi connectivity index (χ0) is 22.5. The average molecular weight is 429 g/mol. The molecular weight excluding hydrogens is 402 g/mol. The molecule has 2 heterocycles. The monoisotopic (exact) mass is 429 g/mol. The lowest BCUT2D eigenvalue weighted by Gasteiger charge is -2.23. The molecule has 1 amide bonds. The highest BCUT2D eigenvalue weighted by Gasteiger charge is 2.47. The van der Waals surface area contributed by atoms with E-state index in [0.29, 0.717) is 35.9 Å². The lowest BCUT2D eigenvalue weighted by atomic mass is 9.99. The van der Waals surface area contributed by atoms with Crippen molar-refractivity contribution in [3.8, 4) is 11.5 Å². The van der Waals surface area contributed by atoms with E-state index in [1.165, 1.54) is 25.4 Å². The molecule has 1 unspecified atom stereocenters. The van der Waals surface area contributed by atoms with Crippen LogP contribution in [0.2, 0.25) is 0 Å². The van der Waals surface area contributed by atoms with Crippen LogP contribution < -0.4 is 9.47 Å². The first-order valence-corrected chi connectivity index (χ1v) is 10.0. The molecule has 31 heavy (non-hydrogen) atoms.